The topological polar surface area (TPSA) is 125 Å². The summed E-state index contributed by atoms with van der Waals surface area (Å²) in [5.41, 5.74) is 0.755. The highest BCUT2D eigenvalue weighted by Crippen LogP contribution is 2.13. The number of carbonyl (C=O) groups excluding carboxylic acids is 2. The molecule has 9 heteroatoms. The molecule has 0 aliphatic rings. The van der Waals surface area contributed by atoms with Crippen molar-refractivity contribution < 1.29 is 22.7 Å². The third kappa shape index (κ3) is 6.41. The highest BCUT2D eigenvalue weighted by atomic mass is 32.2. The van der Waals surface area contributed by atoms with E-state index >= 15 is 0 Å². The number of anilines is 1. The Morgan fingerprint density at radius 3 is 2.41 bits per heavy atom. The molecule has 152 valence electrons. The summed E-state index contributed by atoms with van der Waals surface area (Å²) in [4.78, 5) is 24.4. The van der Waals surface area contributed by atoms with Crippen molar-refractivity contribution in [2.24, 2.45) is 5.92 Å². The fourth-order valence-corrected chi connectivity index (χ4v) is 3.74. The number of rotatable bonds is 8. The third-order valence-corrected chi connectivity index (χ3v) is 5.33. The quantitative estimate of drug-likeness (QED) is 0.636. The predicted molar refractivity (Wildman–Crippen MR) is 106 cm³/mol. The number of nitrogens with one attached hydrogen (secondary N) is 2. The number of esters is 1. The Kier molecular flexibility index (Phi) is 7.47. The highest BCUT2D eigenvalue weighted by molar-refractivity contribution is 7.89. The first-order valence-electron chi connectivity index (χ1n) is 8.77. The van der Waals surface area contributed by atoms with E-state index in [0.29, 0.717) is 11.3 Å². The first-order valence-corrected chi connectivity index (χ1v) is 10.3. The summed E-state index contributed by atoms with van der Waals surface area (Å²) in [6, 6.07) is 14.7. The van der Waals surface area contributed by atoms with E-state index in [1.807, 2.05) is 6.07 Å². The molecule has 0 spiro atoms. The molecule has 0 heterocycles. The van der Waals surface area contributed by atoms with E-state index in [4.69, 9.17) is 10.00 Å². The standard InChI is InChI=1S/C20H21N3O5S/c1-14(2)19(23-29(26,27)17-9-4-3-5-10-17)20(25)28-13-18(24)22-16-8-6-7-15(11-16)12-21/h3-11,14,19,23H,13H2,1-2H3,(H,22,24)/t19-/m1/s1. The van der Waals surface area contributed by atoms with Crippen LogP contribution >= 0.6 is 0 Å². The molecule has 2 rings (SSSR count). The molecule has 0 aromatic heterocycles. The number of carbonyl (C=O) groups is 2. The van der Waals surface area contributed by atoms with Crippen LogP contribution in [0.4, 0.5) is 5.69 Å². The zero-order valence-electron chi connectivity index (χ0n) is 16.0. The van der Waals surface area contributed by atoms with E-state index in [-0.39, 0.29) is 4.90 Å². The van der Waals surface area contributed by atoms with E-state index in [2.05, 4.69) is 10.0 Å². The summed E-state index contributed by atoms with van der Waals surface area (Å²) in [6.45, 7) is 2.73. The maximum atomic E-state index is 12.5. The van der Waals surface area contributed by atoms with E-state index in [1.54, 1.807) is 50.2 Å². The molecule has 0 radical (unpaired) electrons. The molecule has 1 atom stereocenters. The maximum Gasteiger partial charge on any atom is 0.324 e. The Labute approximate surface area is 169 Å². The first kappa shape index (κ1) is 22.1. The van der Waals surface area contributed by atoms with Gasteiger partial charge in [-0.15, -0.1) is 0 Å². The second-order valence-electron chi connectivity index (χ2n) is 6.50. The molecular formula is C20H21N3O5S. The van der Waals surface area contributed by atoms with Gasteiger partial charge < -0.3 is 10.1 Å². The van der Waals surface area contributed by atoms with E-state index in [1.165, 1.54) is 18.2 Å². The lowest BCUT2D eigenvalue weighted by atomic mass is 10.1. The van der Waals surface area contributed by atoms with Crippen molar-refractivity contribution in [3.05, 3.63) is 60.2 Å². The van der Waals surface area contributed by atoms with Crippen LogP contribution in [0.2, 0.25) is 0 Å². The molecule has 8 nitrogen and oxygen atoms in total. The van der Waals surface area contributed by atoms with Crippen LogP contribution in [0.3, 0.4) is 0 Å². The maximum absolute atomic E-state index is 12.5. The molecule has 0 saturated heterocycles. The molecule has 2 aromatic rings. The van der Waals surface area contributed by atoms with Gasteiger partial charge in [0.25, 0.3) is 5.91 Å². The van der Waals surface area contributed by atoms with Gasteiger partial charge in [-0.3, -0.25) is 9.59 Å². The fourth-order valence-electron chi connectivity index (χ4n) is 2.38. The molecule has 2 aromatic carbocycles. The number of benzene rings is 2. The zero-order chi connectivity index (χ0) is 21.4. The Balaban J connectivity index is 1.99. The second-order valence-corrected chi connectivity index (χ2v) is 8.22. The minimum Gasteiger partial charge on any atom is -0.454 e. The minimum absolute atomic E-state index is 0.0218. The lowest BCUT2D eigenvalue weighted by Crippen LogP contribution is -2.45. The van der Waals surface area contributed by atoms with E-state index < -0.39 is 40.5 Å². The average molecular weight is 415 g/mol. The summed E-state index contributed by atoms with van der Waals surface area (Å²) in [5, 5.41) is 11.4. The van der Waals surface area contributed by atoms with Crippen molar-refractivity contribution in [1.29, 1.82) is 5.26 Å². The Bertz CT molecular complexity index is 1010. The molecule has 0 aliphatic heterocycles. The van der Waals surface area contributed by atoms with Crippen LogP contribution in [0.5, 0.6) is 0 Å². The number of ether oxygens (including phenoxy) is 1. The molecule has 2 N–H and O–H groups in total. The van der Waals surface area contributed by atoms with Crippen LogP contribution in [0, 0.1) is 17.2 Å². The fraction of sp³-hybridized carbons (Fsp3) is 0.250. The van der Waals surface area contributed by atoms with Crippen molar-refractivity contribution in [3.63, 3.8) is 0 Å². The van der Waals surface area contributed by atoms with Crippen molar-refractivity contribution in [2.75, 3.05) is 11.9 Å². The third-order valence-electron chi connectivity index (χ3n) is 3.88. The number of sulfonamides is 1. The summed E-state index contributed by atoms with van der Waals surface area (Å²) in [7, 11) is -3.93. The Morgan fingerprint density at radius 2 is 1.79 bits per heavy atom. The van der Waals surface area contributed by atoms with E-state index in [9.17, 15) is 18.0 Å². The monoisotopic (exact) mass is 415 g/mol. The number of nitrogens with zero attached hydrogens (tertiary/aromatic N) is 1. The normalized spacial score (nSPS) is 12.1. The molecule has 0 unspecified atom stereocenters. The molecule has 0 fully saturated rings. The highest BCUT2D eigenvalue weighted by Gasteiger charge is 2.30. The van der Waals surface area contributed by atoms with Crippen LogP contribution in [0.25, 0.3) is 0 Å². The van der Waals surface area contributed by atoms with Gasteiger partial charge in [0, 0.05) is 5.69 Å². The van der Waals surface area contributed by atoms with Gasteiger partial charge in [-0.25, -0.2) is 8.42 Å². The lowest BCUT2D eigenvalue weighted by Gasteiger charge is -2.20. The predicted octanol–water partition coefficient (Wildman–Crippen LogP) is 2.04. The largest absolute Gasteiger partial charge is 0.454 e. The summed E-state index contributed by atoms with van der Waals surface area (Å²) < 4.78 is 32.3. The van der Waals surface area contributed by atoms with Crippen molar-refractivity contribution in [3.8, 4) is 6.07 Å². The van der Waals surface area contributed by atoms with Crippen molar-refractivity contribution in [2.45, 2.75) is 24.8 Å². The molecular weight excluding hydrogens is 394 g/mol. The lowest BCUT2D eigenvalue weighted by molar-refractivity contribution is -0.150. The van der Waals surface area contributed by atoms with Gasteiger partial charge in [0.15, 0.2) is 6.61 Å². The molecule has 1 amide bonds. The number of amides is 1. The van der Waals surface area contributed by atoms with Gasteiger partial charge in [0.05, 0.1) is 16.5 Å². The SMILES string of the molecule is CC(C)[C@@H](NS(=O)(=O)c1ccccc1)C(=O)OCC(=O)Nc1cccc(C#N)c1. The van der Waals surface area contributed by atoms with Gasteiger partial charge in [-0.1, -0.05) is 38.1 Å². The Morgan fingerprint density at radius 1 is 1.10 bits per heavy atom. The minimum atomic E-state index is -3.93. The van der Waals surface area contributed by atoms with E-state index in [0.717, 1.165) is 0 Å². The Hall–Kier alpha value is -3.22. The number of hydrogen-bond acceptors (Lipinski definition) is 6. The summed E-state index contributed by atoms with van der Waals surface area (Å²) >= 11 is 0. The van der Waals surface area contributed by atoms with Gasteiger partial charge >= 0.3 is 5.97 Å². The first-order chi connectivity index (χ1) is 13.7. The molecule has 0 aliphatic carbocycles. The molecule has 29 heavy (non-hydrogen) atoms. The second kappa shape index (κ2) is 9.82. The van der Waals surface area contributed by atoms with Crippen LogP contribution < -0.4 is 10.0 Å². The van der Waals surface area contributed by atoms with Crippen LogP contribution in [-0.4, -0.2) is 32.9 Å². The van der Waals surface area contributed by atoms with Crippen LogP contribution in [0.15, 0.2) is 59.5 Å². The number of hydrogen-bond donors (Lipinski definition) is 2. The summed E-state index contributed by atoms with van der Waals surface area (Å²) in [5.74, 6) is -1.88. The van der Waals surface area contributed by atoms with Gasteiger partial charge in [0.2, 0.25) is 10.0 Å². The van der Waals surface area contributed by atoms with Crippen LogP contribution in [-0.2, 0) is 24.3 Å². The van der Waals surface area contributed by atoms with Crippen LogP contribution in [0.1, 0.15) is 19.4 Å². The smallest absolute Gasteiger partial charge is 0.324 e. The molecule has 0 saturated carbocycles. The zero-order valence-corrected chi connectivity index (χ0v) is 16.8. The van der Waals surface area contributed by atoms with Gasteiger partial charge in [-0.2, -0.15) is 9.98 Å². The number of nitriles is 1. The van der Waals surface area contributed by atoms with Gasteiger partial charge in [0.1, 0.15) is 6.04 Å². The van der Waals surface area contributed by atoms with Gasteiger partial charge in [-0.05, 0) is 36.2 Å². The molecule has 0 bridgehead atoms. The van der Waals surface area contributed by atoms with Crippen molar-refractivity contribution in [1.82, 2.24) is 4.72 Å². The average Bonchev–Trinajstić information content (AvgIpc) is 2.71. The van der Waals surface area contributed by atoms with Crippen molar-refractivity contribution >= 4 is 27.6 Å². The summed E-state index contributed by atoms with van der Waals surface area (Å²) in [6.07, 6.45) is 0.